The summed E-state index contributed by atoms with van der Waals surface area (Å²) in [6, 6.07) is 6.04. The molecule has 2 unspecified atom stereocenters. The highest BCUT2D eigenvalue weighted by Crippen LogP contribution is 2.32. The molecule has 19 heavy (non-hydrogen) atoms. The zero-order valence-corrected chi connectivity index (χ0v) is 12.3. The number of thiazole rings is 1. The Labute approximate surface area is 118 Å². The van der Waals surface area contributed by atoms with Crippen molar-refractivity contribution in [2.24, 2.45) is 11.8 Å². The predicted octanol–water partition coefficient (Wildman–Crippen LogP) is 4.15. The van der Waals surface area contributed by atoms with E-state index < -0.39 is 0 Å². The Morgan fingerprint density at radius 1 is 1.42 bits per heavy atom. The number of hydrogen-bond donors (Lipinski definition) is 1. The van der Waals surface area contributed by atoms with Crippen molar-refractivity contribution < 1.29 is 4.74 Å². The summed E-state index contributed by atoms with van der Waals surface area (Å²) in [5.74, 6) is 2.61. The molecule has 1 aliphatic rings. The smallest absolute Gasteiger partial charge is 0.183 e. The molecule has 0 radical (unpaired) electrons. The van der Waals surface area contributed by atoms with Crippen molar-refractivity contribution in [3.8, 4) is 5.75 Å². The fourth-order valence-corrected chi connectivity index (χ4v) is 3.75. The molecule has 0 spiro atoms. The molecule has 1 aliphatic carbocycles. The van der Waals surface area contributed by atoms with Gasteiger partial charge in [0.15, 0.2) is 5.13 Å². The Hall–Kier alpha value is -1.29. The quantitative estimate of drug-likeness (QED) is 0.910. The first-order valence-corrected chi connectivity index (χ1v) is 7.74. The summed E-state index contributed by atoms with van der Waals surface area (Å²) in [5, 5.41) is 4.53. The number of hydrogen-bond acceptors (Lipinski definition) is 4. The fourth-order valence-electron chi connectivity index (χ4n) is 2.85. The van der Waals surface area contributed by atoms with Gasteiger partial charge in [0.1, 0.15) is 5.75 Å². The number of nitrogens with one attached hydrogen (secondary N) is 1. The average molecular weight is 276 g/mol. The summed E-state index contributed by atoms with van der Waals surface area (Å²) >= 11 is 1.71. The minimum atomic E-state index is 0.816. The lowest BCUT2D eigenvalue weighted by Gasteiger charge is -2.09. The van der Waals surface area contributed by atoms with Gasteiger partial charge in [-0.15, -0.1) is 0 Å². The van der Waals surface area contributed by atoms with Crippen LogP contribution in [0.15, 0.2) is 18.2 Å². The van der Waals surface area contributed by atoms with Gasteiger partial charge in [0, 0.05) is 6.54 Å². The van der Waals surface area contributed by atoms with Gasteiger partial charge in [-0.25, -0.2) is 4.98 Å². The number of ether oxygens (including phenoxy) is 1. The maximum absolute atomic E-state index is 5.24. The van der Waals surface area contributed by atoms with Gasteiger partial charge in [-0.05, 0) is 42.9 Å². The lowest BCUT2D eigenvalue weighted by molar-refractivity contribution is 0.415. The summed E-state index contributed by atoms with van der Waals surface area (Å²) < 4.78 is 6.43. The third-order valence-electron chi connectivity index (χ3n) is 3.94. The monoisotopic (exact) mass is 276 g/mol. The van der Waals surface area contributed by atoms with Crippen LogP contribution in [0.5, 0.6) is 5.75 Å². The zero-order chi connectivity index (χ0) is 13.2. The predicted molar refractivity (Wildman–Crippen MR) is 81.2 cm³/mol. The lowest BCUT2D eigenvalue weighted by Crippen LogP contribution is -2.11. The molecule has 0 bridgehead atoms. The Bertz CT molecular complexity index is 566. The van der Waals surface area contributed by atoms with E-state index in [4.69, 9.17) is 4.74 Å². The third kappa shape index (κ3) is 2.84. The number of anilines is 1. The van der Waals surface area contributed by atoms with E-state index in [-0.39, 0.29) is 0 Å². The van der Waals surface area contributed by atoms with Crippen LogP contribution in [0.25, 0.3) is 10.2 Å². The zero-order valence-electron chi connectivity index (χ0n) is 11.5. The molecule has 1 heterocycles. The van der Waals surface area contributed by atoms with Crippen molar-refractivity contribution in [2.75, 3.05) is 19.0 Å². The van der Waals surface area contributed by atoms with E-state index in [0.717, 1.165) is 34.8 Å². The molecule has 2 aromatic rings. The minimum Gasteiger partial charge on any atom is -0.497 e. The van der Waals surface area contributed by atoms with E-state index in [9.17, 15) is 0 Å². The highest BCUT2D eigenvalue weighted by atomic mass is 32.1. The molecule has 4 heteroatoms. The van der Waals surface area contributed by atoms with Gasteiger partial charge in [-0.3, -0.25) is 0 Å². The molecule has 1 saturated carbocycles. The van der Waals surface area contributed by atoms with Crippen LogP contribution < -0.4 is 10.1 Å². The molecule has 1 fully saturated rings. The topological polar surface area (TPSA) is 34.1 Å². The molecule has 0 amide bonds. The lowest BCUT2D eigenvalue weighted by atomic mass is 10.1. The summed E-state index contributed by atoms with van der Waals surface area (Å²) in [7, 11) is 1.70. The fraction of sp³-hybridized carbons (Fsp3) is 0.533. The summed E-state index contributed by atoms with van der Waals surface area (Å²) in [4.78, 5) is 4.62. The van der Waals surface area contributed by atoms with Crippen molar-refractivity contribution in [3.05, 3.63) is 18.2 Å². The van der Waals surface area contributed by atoms with Crippen LogP contribution in [0, 0.1) is 11.8 Å². The average Bonchev–Trinajstić information content (AvgIpc) is 3.01. The number of nitrogens with zero attached hydrogens (tertiary/aromatic N) is 1. The maximum atomic E-state index is 5.24. The Morgan fingerprint density at radius 3 is 3.05 bits per heavy atom. The number of fused-ring (bicyclic) bond motifs is 1. The van der Waals surface area contributed by atoms with Crippen LogP contribution in [0.1, 0.15) is 26.2 Å². The van der Waals surface area contributed by atoms with E-state index in [1.807, 2.05) is 12.1 Å². The Balaban J connectivity index is 1.67. The second kappa shape index (κ2) is 5.37. The molecular formula is C15H20N2OS. The van der Waals surface area contributed by atoms with Crippen molar-refractivity contribution in [1.82, 2.24) is 4.98 Å². The van der Waals surface area contributed by atoms with Crippen molar-refractivity contribution >= 4 is 26.7 Å². The second-order valence-electron chi connectivity index (χ2n) is 5.52. The molecule has 0 aliphatic heterocycles. The van der Waals surface area contributed by atoms with Gasteiger partial charge in [-0.1, -0.05) is 24.7 Å². The first-order valence-electron chi connectivity index (χ1n) is 6.93. The van der Waals surface area contributed by atoms with Crippen molar-refractivity contribution in [1.29, 1.82) is 0 Å². The molecule has 0 saturated heterocycles. The number of aromatic nitrogens is 1. The van der Waals surface area contributed by atoms with E-state index in [2.05, 4.69) is 23.3 Å². The van der Waals surface area contributed by atoms with E-state index in [0.29, 0.717) is 0 Å². The van der Waals surface area contributed by atoms with Gasteiger partial charge in [0.05, 0.1) is 17.3 Å². The van der Waals surface area contributed by atoms with E-state index in [1.165, 1.54) is 24.0 Å². The Morgan fingerprint density at radius 2 is 2.32 bits per heavy atom. The molecule has 3 nitrogen and oxygen atoms in total. The van der Waals surface area contributed by atoms with E-state index >= 15 is 0 Å². The highest BCUT2D eigenvalue weighted by molar-refractivity contribution is 7.22. The van der Waals surface area contributed by atoms with Gasteiger partial charge in [0.2, 0.25) is 0 Å². The van der Waals surface area contributed by atoms with Crippen molar-refractivity contribution in [2.45, 2.75) is 26.2 Å². The number of benzene rings is 1. The second-order valence-corrected chi connectivity index (χ2v) is 6.55. The van der Waals surface area contributed by atoms with E-state index in [1.54, 1.807) is 18.4 Å². The van der Waals surface area contributed by atoms with Crippen LogP contribution in [-0.2, 0) is 0 Å². The van der Waals surface area contributed by atoms with Crippen LogP contribution >= 0.6 is 11.3 Å². The highest BCUT2D eigenvalue weighted by Gasteiger charge is 2.21. The summed E-state index contributed by atoms with van der Waals surface area (Å²) in [5.41, 5.74) is 1.05. The summed E-state index contributed by atoms with van der Waals surface area (Å²) in [6.07, 6.45) is 4.09. The molecule has 2 atom stereocenters. The first kappa shape index (κ1) is 12.7. The van der Waals surface area contributed by atoms with Crippen LogP contribution in [0.2, 0.25) is 0 Å². The minimum absolute atomic E-state index is 0.816. The number of rotatable bonds is 4. The SMILES string of the molecule is COc1ccc2nc(NCC3CCC(C)C3)sc2c1. The van der Waals surface area contributed by atoms with Gasteiger partial charge in [-0.2, -0.15) is 0 Å². The molecule has 3 rings (SSSR count). The molecule has 102 valence electrons. The van der Waals surface area contributed by atoms with Crippen molar-refractivity contribution in [3.63, 3.8) is 0 Å². The molecule has 1 aromatic heterocycles. The normalized spacial score (nSPS) is 22.8. The number of methoxy groups -OCH3 is 1. The third-order valence-corrected chi connectivity index (χ3v) is 4.92. The van der Waals surface area contributed by atoms with Crippen LogP contribution in [-0.4, -0.2) is 18.6 Å². The van der Waals surface area contributed by atoms with Gasteiger partial charge >= 0.3 is 0 Å². The molecular weight excluding hydrogens is 256 g/mol. The first-order chi connectivity index (χ1) is 9.24. The molecule has 1 N–H and O–H groups in total. The standard InChI is InChI=1S/C15H20N2OS/c1-10-3-4-11(7-10)9-16-15-17-13-6-5-12(18-2)8-14(13)19-15/h5-6,8,10-11H,3-4,7,9H2,1-2H3,(H,16,17). The molecule has 1 aromatic carbocycles. The van der Waals surface area contributed by atoms with Gasteiger partial charge < -0.3 is 10.1 Å². The van der Waals surface area contributed by atoms with Crippen LogP contribution in [0.4, 0.5) is 5.13 Å². The van der Waals surface area contributed by atoms with Crippen LogP contribution in [0.3, 0.4) is 0 Å². The Kier molecular flexibility index (Phi) is 3.60. The summed E-state index contributed by atoms with van der Waals surface area (Å²) in [6.45, 7) is 3.41. The maximum Gasteiger partial charge on any atom is 0.183 e. The largest absolute Gasteiger partial charge is 0.497 e. The van der Waals surface area contributed by atoms with Gasteiger partial charge in [0.25, 0.3) is 0 Å².